The molecule has 0 atom stereocenters. The van der Waals surface area contributed by atoms with Crippen molar-refractivity contribution in [3.63, 3.8) is 0 Å². The van der Waals surface area contributed by atoms with Crippen LogP contribution in [0.1, 0.15) is 122 Å². The second kappa shape index (κ2) is 151. The summed E-state index contributed by atoms with van der Waals surface area (Å²) in [7, 11) is 21.7. The van der Waals surface area contributed by atoms with Crippen LogP contribution in [0.5, 0.6) is 0 Å². The summed E-state index contributed by atoms with van der Waals surface area (Å²) in [5, 5.41) is 16.8. The topological polar surface area (TPSA) is 250 Å². The van der Waals surface area contributed by atoms with Gasteiger partial charge in [0.1, 0.15) is 0 Å². The molecule has 0 spiro atoms. The van der Waals surface area contributed by atoms with Gasteiger partial charge in [0.15, 0.2) is 0 Å². The van der Waals surface area contributed by atoms with Crippen molar-refractivity contribution in [1.29, 1.82) is 0 Å². The Kier molecular flexibility index (Phi) is 349. The summed E-state index contributed by atoms with van der Waals surface area (Å²) in [5.41, 5.74) is 0. The third-order valence-corrected chi connectivity index (χ3v) is 2.51. The molecule has 0 aromatic heterocycles. The number of nitrogens with one attached hydrogen (secondary N) is 7. The van der Waals surface area contributed by atoms with Crippen molar-refractivity contribution in [3.8, 4) is 0 Å². The molecule has 0 unspecified atom stereocenters. The normalized spacial score (nSPS) is 5.54. The van der Waals surface area contributed by atoms with Gasteiger partial charge >= 0.3 is 30.2 Å². The highest BCUT2D eigenvalue weighted by Gasteiger charge is 1.85. The first-order valence-electron chi connectivity index (χ1n) is 13.6. The van der Waals surface area contributed by atoms with E-state index >= 15 is 0 Å². The third-order valence-electron chi connectivity index (χ3n) is 2.51. The van der Waals surface area contributed by atoms with Crippen molar-refractivity contribution >= 4 is 42.0 Å². The van der Waals surface area contributed by atoms with Gasteiger partial charge in [0, 0.05) is 84.2 Å². The molecule has 0 heterocycles. The predicted octanol–water partition coefficient (Wildman–Crippen LogP) is 7.23. The molecule has 0 saturated carbocycles. The predicted molar refractivity (Wildman–Crippen MR) is 252 cm³/mol. The first-order chi connectivity index (χ1) is 21.7. The molecule has 0 aromatic carbocycles. The maximum absolute atomic E-state index is 9.96. The molecule has 57 heavy (non-hydrogen) atoms. The lowest BCUT2D eigenvalue weighted by Crippen LogP contribution is -2.28. The monoisotopic (exact) mass is 856 g/mol. The zero-order valence-electron chi connectivity index (χ0n) is 32.6. The second-order valence-electron chi connectivity index (χ2n) is 6.93. The molecule has 0 bridgehead atoms. The highest BCUT2D eigenvalue weighted by Crippen LogP contribution is 1.63. The molecule has 0 radical (unpaired) electrons. The van der Waals surface area contributed by atoms with E-state index in [1.807, 2.05) is 14.1 Å². The number of esters is 2. The van der Waals surface area contributed by atoms with Crippen LogP contribution >= 0.6 is 0 Å². The van der Waals surface area contributed by atoms with Gasteiger partial charge in [0.2, 0.25) is 11.8 Å². The Labute approximate surface area is 357 Å². The highest BCUT2D eigenvalue weighted by atomic mass is 16.5. The maximum Gasteiger partial charge on any atom is 0.406 e. The number of urea groups is 1. The van der Waals surface area contributed by atoms with Crippen LogP contribution in [0.15, 0.2) is 0 Å². The molecule has 0 aromatic rings. The van der Waals surface area contributed by atoms with E-state index in [1.165, 1.54) is 76.7 Å². The lowest BCUT2D eigenvalue weighted by Gasteiger charge is -1.91. The molecule has 0 aliphatic heterocycles. The number of ether oxygens (including phenoxy) is 5. The lowest BCUT2D eigenvalue weighted by atomic mass is 10.6. The molecule has 0 saturated heterocycles. The average molecular weight is 856 g/mol. The summed E-state index contributed by atoms with van der Waals surface area (Å²) in [5.74, 6) is -0.481. The Morgan fingerprint density at radius 2 is 0.491 bits per heavy atom. The van der Waals surface area contributed by atoms with Gasteiger partial charge in [-0.15, -0.1) is 0 Å². The van der Waals surface area contributed by atoms with Crippen molar-refractivity contribution in [2.75, 3.05) is 99.0 Å². The summed E-state index contributed by atoms with van der Waals surface area (Å²) >= 11 is 0. The van der Waals surface area contributed by atoms with E-state index in [2.05, 4.69) is 74.7 Å². The minimum atomic E-state index is -0.407. The fourth-order valence-electron chi connectivity index (χ4n) is 0.329. The molecular weight excluding hydrogens is 746 g/mol. The van der Waals surface area contributed by atoms with Crippen molar-refractivity contribution in [2.24, 2.45) is 0 Å². The van der Waals surface area contributed by atoms with Crippen LogP contribution in [-0.4, -0.2) is 141 Å². The molecule has 0 aliphatic rings. The molecule has 0 fully saturated rings. The minimum absolute atomic E-state index is 0. The zero-order chi connectivity index (χ0) is 40.2. The molecule has 0 aliphatic carbocycles. The van der Waals surface area contributed by atoms with E-state index < -0.39 is 12.2 Å². The van der Waals surface area contributed by atoms with Gasteiger partial charge in [0.25, 0.3) is 0 Å². The standard InChI is InChI=1S/C3H8N2O.2C3H7NO2.2C3H7NO.2C3H6O2.C3H8.C2H7N.C2H6O.10CH4/c1-4-3(6)5-2;2*1-4-3(5)6-2;2*1-3(5)4-2;2*1-3(4)5-2;3*1-3-2;;;;;;;;;;/h1-2H3,(H2,4,5,6);2*1-2H3,(H,4,5);2*1-2H3,(H,4,5);2*1-2H3;3H2,1-2H3;3H,1-2H3;1-2H3;10*1H4. The molecule has 368 valence electrons. The van der Waals surface area contributed by atoms with Crippen LogP contribution in [0.2, 0.25) is 0 Å². The second-order valence-corrected chi connectivity index (χ2v) is 6.93. The molecular formula is C38H109N7O12. The molecule has 19 heteroatoms. The van der Waals surface area contributed by atoms with E-state index in [4.69, 9.17) is 0 Å². The van der Waals surface area contributed by atoms with Crippen LogP contribution in [0.3, 0.4) is 0 Å². The smallest absolute Gasteiger partial charge is 0.406 e. The van der Waals surface area contributed by atoms with Gasteiger partial charge in [-0.25, -0.2) is 14.4 Å². The van der Waals surface area contributed by atoms with Crippen molar-refractivity contribution in [1.82, 2.24) is 37.2 Å². The van der Waals surface area contributed by atoms with Crippen LogP contribution in [0, 0.1) is 0 Å². The number of hydrogen-bond donors (Lipinski definition) is 7. The molecule has 0 rings (SSSR count). The number of carbonyl (C=O) groups is 7. The van der Waals surface area contributed by atoms with Crippen molar-refractivity contribution in [3.05, 3.63) is 0 Å². The van der Waals surface area contributed by atoms with Crippen molar-refractivity contribution in [2.45, 2.75) is 122 Å². The first-order valence-corrected chi connectivity index (χ1v) is 13.6. The van der Waals surface area contributed by atoms with Gasteiger partial charge in [-0.3, -0.25) is 19.2 Å². The summed E-state index contributed by atoms with van der Waals surface area (Å²) in [6, 6.07) is -0.157. The Morgan fingerprint density at radius 3 is 0.491 bits per heavy atom. The van der Waals surface area contributed by atoms with E-state index in [0.29, 0.717) is 0 Å². The Bertz CT molecular complexity index is 562. The number of alkyl carbamates (subject to hydrolysis) is 2. The van der Waals surface area contributed by atoms with Crippen LogP contribution in [-0.2, 0) is 42.9 Å². The largest absolute Gasteiger partial charge is 0.469 e. The van der Waals surface area contributed by atoms with Crippen LogP contribution in [0.4, 0.5) is 14.4 Å². The number of carbonyl (C=O) groups excluding carboxylic acids is 7. The average Bonchev–Trinajstić information content (AvgIpc) is 3.06. The molecule has 7 N–H and O–H groups in total. The molecule has 6 amide bonds. The third kappa shape index (κ3) is 521. The van der Waals surface area contributed by atoms with E-state index in [1.54, 1.807) is 42.4 Å². The van der Waals surface area contributed by atoms with Gasteiger partial charge in [0.05, 0.1) is 28.4 Å². The van der Waals surface area contributed by atoms with E-state index in [0.717, 1.165) is 0 Å². The van der Waals surface area contributed by atoms with E-state index in [9.17, 15) is 33.6 Å². The summed E-state index contributed by atoms with van der Waals surface area (Å²) in [6.07, 6.45) is 0.435. The lowest BCUT2D eigenvalue weighted by molar-refractivity contribution is -0.138. The number of rotatable bonds is 0. The van der Waals surface area contributed by atoms with E-state index in [-0.39, 0.29) is 104 Å². The summed E-state index contributed by atoms with van der Waals surface area (Å²) < 4.78 is 20.8. The Balaban J connectivity index is -0.0000000147. The molecule has 19 nitrogen and oxygen atoms in total. The zero-order valence-corrected chi connectivity index (χ0v) is 32.6. The van der Waals surface area contributed by atoms with Gasteiger partial charge < -0.3 is 60.9 Å². The Morgan fingerprint density at radius 1 is 0.368 bits per heavy atom. The van der Waals surface area contributed by atoms with Crippen LogP contribution in [0.25, 0.3) is 0 Å². The fourth-order valence-corrected chi connectivity index (χ4v) is 0.329. The van der Waals surface area contributed by atoms with Crippen molar-refractivity contribution < 1.29 is 57.2 Å². The SMILES string of the molecule is C.C.C.C.C.C.C.C.C.C.CCC.CNC.CNC(=O)NC.CNC(=O)OC.CNC(=O)OC.CNC(C)=O.CNC(C)=O.COC.COC(C)=O.COC(C)=O. The highest BCUT2D eigenvalue weighted by molar-refractivity contribution is 5.73. The maximum atomic E-state index is 9.96. The quantitative estimate of drug-likeness (QED) is 0.0940. The number of amides is 6. The first kappa shape index (κ1) is 132. The van der Waals surface area contributed by atoms with Gasteiger partial charge in [-0.05, 0) is 14.1 Å². The van der Waals surface area contributed by atoms with Gasteiger partial charge in [-0.1, -0.05) is 94.5 Å². The Hall–Kier alpha value is -4.39. The van der Waals surface area contributed by atoms with Crippen LogP contribution < -0.4 is 37.2 Å². The minimum Gasteiger partial charge on any atom is -0.469 e. The summed E-state index contributed by atoms with van der Waals surface area (Å²) in [4.78, 5) is 68.2. The van der Waals surface area contributed by atoms with Gasteiger partial charge in [-0.2, -0.15) is 0 Å². The number of hydrogen-bond acceptors (Lipinski definition) is 13. The number of methoxy groups -OCH3 is 5. The fraction of sp³-hybridized carbons (Fsp3) is 0.816. The summed E-state index contributed by atoms with van der Waals surface area (Å²) in [6.45, 7) is 9.92.